The van der Waals surface area contributed by atoms with Crippen LogP contribution in [0.5, 0.6) is 0 Å². The predicted molar refractivity (Wildman–Crippen MR) is 51.4 cm³/mol. The van der Waals surface area contributed by atoms with Gasteiger partial charge in [-0.15, -0.1) is 0 Å². The molecule has 1 heterocycles. The third-order valence-corrected chi connectivity index (χ3v) is 2.02. The lowest BCUT2D eigenvalue weighted by atomic mass is 10.2. The molecule has 54 valence electrons. The SMILES string of the molecule is Cc1cccnc1C(C)I. The molecule has 10 heavy (non-hydrogen) atoms. The standard InChI is InChI=1S/C8H10IN/c1-6-4-3-5-10-8(6)7(2)9/h3-5,7H,1-2H3. The van der Waals surface area contributed by atoms with Crippen molar-refractivity contribution >= 4 is 22.6 Å². The van der Waals surface area contributed by atoms with E-state index in [1.165, 1.54) is 11.3 Å². The zero-order valence-electron chi connectivity index (χ0n) is 6.13. The highest BCUT2D eigenvalue weighted by molar-refractivity contribution is 14.1. The fraction of sp³-hybridized carbons (Fsp3) is 0.375. The van der Waals surface area contributed by atoms with Crippen molar-refractivity contribution in [3.05, 3.63) is 29.6 Å². The monoisotopic (exact) mass is 247 g/mol. The number of rotatable bonds is 1. The van der Waals surface area contributed by atoms with E-state index < -0.39 is 0 Å². The molecule has 2 heteroatoms. The summed E-state index contributed by atoms with van der Waals surface area (Å²) in [4.78, 5) is 4.27. The lowest BCUT2D eigenvalue weighted by Gasteiger charge is -2.04. The maximum absolute atomic E-state index is 4.27. The summed E-state index contributed by atoms with van der Waals surface area (Å²) >= 11 is 2.37. The van der Waals surface area contributed by atoms with Crippen LogP contribution in [-0.4, -0.2) is 4.98 Å². The quantitative estimate of drug-likeness (QED) is 0.549. The molecule has 0 N–H and O–H groups in total. The van der Waals surface area contributed by atoms with E-state index in [0.717, 1.165) is 0 Å². The molecule has 1 rings (SSSR count). The summed E-state index contributed by atoms with van der Waals surface area (Å²) in [6, 6.07) is 4.06. The van der Waals surface area contributed by atoms with Gasteiger partial charge in [0.05, 0.1) is 9.62 Å². The zero-order chi connectivity index (χ0) is 7.56. The first-order valence-electron chi connectivity index (χ1n) is 3.27. The summed E-state index contributed by atoms with van der Waals surface area (Å²) in [6.45, 7) is 4.24. The number of aryl methyl sites for hydroxylation is 1. The van der Waals surface area contributed by atoms with Gasteiger partial charge in [0.2, 0.25) is 0 Å². The first-order valence-corrected chi connectivity index (χ1v) is 4.52. The molecule has 1 nitrogen and oxygen atoms in total. The molecule has 1 atom stereocenters. The van der Waals surface area contributed by atoms with Crippen LogP contribution in [0.1, 0.15) is 22.1 Å². The molecule has 0 aromatic carbocycles. The minimum absolute atomic E-state index is 0.513. The van der Waals surface area contributed by atoms with E-state index in [1.807, 2.05) is 12.3 Å². The number of alkyl halides is 1. The lowest BCUT2D eigenvalue weighted by Crippen LogP contribution is -1.91. The third-order valence-electron chi connectivity index (χ3n) is 1.43. The van der Waals surface area contributed by atoms with Crippen molar-refractivity contribution < 1.29 is 0 Å². The lowest BCUT2D eigenvalue weighted by molar-refractivity contribution is 1.01. The second-order valence-electron chi connectivity index (χ2n) is 2.32. The van der Waals surface area contributed by atoms with Crippen molar-refractivity contribution in [2.75, 3.05) is 0 Å². The largest absolute Gasteiger partial charge is 0.260 e. The van der Waals surface area contributed by atoms with Gasteiger partial charge >= 0.3 is 0 Å². The minimum atomic E-state index is 0.513. The molecular formula is C8H10IN. The molecule has 0 bridgehead atoms. The maximum atomic E-state index is 4.27. The van der Waals surface area contributed by atoms with Crippen molar-refractivity contribution in [1.82, 2.24) is 4.98 Å². The molecule has 0 saturated heterocycles. The second-order valence-corrected chi connectivity index (χ2v) is 4.19. The molecule has 1 aromatic heterocycles. The molecule has 0 aliphatic carbocycles. The average Bonchev–Trinajstić information content (AvgIpc) is 1.88. The maximum Gasteiger partial charge on any atom is 0.0558 e. The molecule has 0 saturated carbocycles. The highest BCUT2D eigenvalue weighted by atomic mass is 127. The summed E-state index contributed by atoms with van der Waals surface area (Å²) in [5.74, 6) is 0. The van der Waals surface area contributed by atoms with Gasteiger partial charge in [0.15, 0.2) is 0 Å². The van der Waals surface area contributed by atoms with Crippen LogP contribution < -0.4 is 0 Å². The predicted octanol–water partition coefficient (Wildman–Crippen LogP) is 2.89. The summed E-state index contributed by atoms with van der Waals surface area (Å²) in [5.41, 5.74) is 2.48. The van der Waals surface area contributed by atoms with Crippen LogP contribution in [0.3, 0.4) is 0 Å². The zero-order valence-corrected chi connectivity index (χ0v) is 8.29. The third kappa shape index (κ3) is 1.68. The summed E-state index contributed by atoms with van der Waals surface area (Å²) in [7, 11) is 0. The summed E-state index contributed by atoms with van der Waals surface area (Å²) in [5, 5.41) is 0. The Morgan fingerprint density at radius 2 is 2.30 bits per heavy atom. The molecule has 0 radical (unpaired) electrons. The fourth-order valence-electron chi connectivity index (χ4n) is 0.914. The van der Waals surface area contributed by atoms with E-state index in [9.17, 15) is 0 Å². The van der Waals surface area contributed by atoms with E-state index in [1.54, 1.807) is 0 Å². The Morgan fingerprint density at radius 1 is 1.60 bits per heavy atom. The number of nitrogens with zero attached hydrogens (tertiary/aromatic N) is 1. The van der Waals surface area contributed by atoms with Gasteiger partial charge in [0, 0.05) is 6.20 Å². The molecule has 0 amide bonds. The Labute approximate surface area is 75.0 Å². The van der Waals surface area contributed by atoms with Crippen LogP contribution in [-0.2, 0) is 0 Å². The molecular weight excluding hydrogens is 237 g/mol. The van der Waals surface area contributed by atoms with Crippen LogP contribution in [0.4, 0.5) is 0 Å². The van der Waals surface area contributed by atoms with Gasteiger partial charge in [-0.05, 0) is 25.5 Å². The van der Waals surface area contributed by atoms with E-state index >= 15 is 0 Å². The molecule has 0 spiro atoms. The number of hydrogen-bond acceptors (Lipinski definition) is 1. The Hall–Kier alpha value is -0.120. The summed E-state index contributed by atoms with van der Waals surface area (Å²) in [6.07, 6.45) is 1.84. The van der Waals surface area contributed by atoms with Crippen molar-refractivity contribution in [2.24, 2.45) is 0 Å². The summed E-state index contributed by atoms with van der Waals surface area (Å²) < 4.78 is 0.513. The average molecular weight is 247 g/mol. The smallest absolute Gasteiger partial charge is 0.0558 e. The van der Waals surface area contributed by atoms with Crippen LogP contribution >= 0.6 is 22.6 Å². The normalized spacial score (nSPS) is 13.1. The van der Waals surface area contributed by atoms with Gasteiger partial charge in [0.1, 0.15) is 0 Å². The van der Waals surface area contributed by atoms with E-state index in [0.29, 0.717) is 3.92 Å². The van der Waals surface area contributed by atoms with Gasteiger partial charge in [-0.1, -0.05) is 28.7 Å². The molecule has 1 aromatic rings. The van der Waals surface area contributed by atoms with Gasteiger partial charge in [-0.3, -0.25) is 4.98 Å². The van der Waals surface area contributed by atoms with Gasteiger partial charge in [-0.2, -0.15) is 0 Å². The first kappa shape index (κ1) is 7.98. The second kappa shape index (κ2) is 3.32. The Morgan fingerprint density at radius 3 is 2.70 bits per heavy atom. The fourth-order valence-corrected chi connectivity index (χ4v) is 1.57. The minimum Gasteiger partial charge on any atom is -0.260 e. The Kier molecular flexibility index (Phi) is 2.65. The van der Waals surface area contributed by atoms with Crippen LogP contribution in [0.2, 0.25) is 0 Å². The molecule has 0 aliphatic heterocycles. The van der Waals surface area contributed by atoms with Gasteiger partial charge in [0.25, 0.3) is 0 Å². The highest BCUT2D eigenvalue weighted by Crippen LogP contribution is 2.22. The van der Waals surface area contributed by atoms with Gasteiger partial charge in [-0.25, -0.2) is 0 Å². The Balaban J connectivity index is 3.03. The molecule has 0 fully saturated rings. The first-order chi connectivity index (χ1) is 4.72. The van der Waals surface area contributed by atoms with Crippen molar-refractivity contribution in [2.45, 2.75) is 17.8 Å². The number of aromatic nitrogens is 1. The number of hydrogen-bond donors (Lipinski definition) is 0. The van der Waals surface area contributed by atoms with Crippen LogP contribution in [0.15, 0.2) is 18.3 Å². The van der Waals surface area contributed by atoms with Crippen molar-refractivity contribution in [3.8, 4) is 0 Å². The highest BCUT2D eigenvalue weighted by Gasteiger charge is 2.03. The van der Waals surface area contributed by atoms with E-state index in [2.05, 4.69) is 47.5 Å². The Bertz CT molecular complexity index is 220. The van der Waals surface area contributed by atoms with Gasteiger partial charge < -0.3 is 0 Å². The van der Waals surface area contributed by atoms with E-state index in [-0.39, 0.29) is 0 Å². The molecule has 0 aliphatic rings. The van der Waals surface area contributed by atoms with Crippen molar-refractivity contribution in [1.29, 1.82) is 0 Å². The molecule has 1 unspecified atom stereocenters. The van der Waals surface area contributed by atoms with Crippen LogP contribution in [0.25, 0.3) is 0 Å². The van der Waals surface area contributed by atoms with Crippen molar-refractivity contribution in [3.63, 3.8) is 0 Å². The topological polar surface area (TPSA) is 12.9 Å². The van der Waals surface area contributed by atoms with Crippen LogP contribution in [0, 0.1) is 6.92 Å². The number of halogens is 1. The number of pyridine rings is 1. The van der Waals surface area contributed by atoms with E-state index in [4.69, 9.17) is 0 Å².